The van der Waals surface area contributed by atoms with Crippen LogP contribution in [0.5, 0.6) is 0 Å². The average molecular weight is 282 g/mol. The van der Waals surface area contributed by atoms with E-state index in [0.717, 1.165) is 29.5 Å². The fourth-order valence-corrected chi connectivity index (χ4v) is 1.86. The van der Waals surface area contributed by atoms with Gasteiger partial charge in [0.15, 0.2) is 0 Å². The third kappa shape index (κ3) is 3.43. The highest BCUT2D eigenvalue weighted by Crippen LogP contribution is 2.18. The number of carbonyl (C=O) groups excluding carboxylic acids is 1. The Kier molecular flexibility index (Phi) is 5.42. The molecule has 110 valence electrons. The minimum absolute atomic E-state index is 0.141. The van der Waals surface area contributed by atoms with Crippen molar-refractivity contribution in [1.82, 2.24) is 4.57 Å². The summed E-state index contributed by atoms with van der Waals surface area (Å²) in [5, 5.41) is 10.9. The molecule has 7 nitrogen and oxygen atoms in total. The van der Waals surface area contributed by atoms with Crippen molar-refractivity contribution in [2.45, 2.75) is 39.7 Å². The standard InChI is InChI=1S/C13H18N2O5/c1-4-5-8-20-13(17)10(3)14-9(2)11(15(18)19)6-7-12(14)16/h6-7,10H,4-5,8H2,1-3H3. The lowest BCUT2D eigenvalue weighted by Crippen LogP contribution is -2.31. The van der Waals surface area contributed by atoms with Crippen LogP contribution in [0, 0.1) is 17.0 Å². The minimum atomic E-state index is -0.890. The molecule has 1 unspecified atom stereocenters. The fraction of sp³-hybridized carbons (Fsp3) is 0.538. The van der Waals surface area contributed by atoms with Crippen LogP contribution in [0.4, 0.5) is 5.69 Å². The second kappa shape index (κ2) is 6.83. The van der Waals surface area contributed by atoms with Gasteiger partial charge in [-0.25, -0.2) is 4.79 Å². The molecule has 1 aromatic rings. The molecule has 0 aliphatic rings. The van der Waals surface area contributed by atoms with Crippen LogP contribution in [0.1, 0.15) is 38.4 Å². The third-order valence-corrected chi connectivity index (χ3v) is 3.02. The van der Waals surface area contributed by atoms with Gasteiger partial charge in [-0.3, -0.25) is 19.5 Å². The molecule has 0 bridgehead atoms. The SMILES string of the molecule is CCCCOC(=O)C(C)n1c(C)c([N+](=O)[O-])ccc1=O. The normalized spacial score (nSPS) is 11.9. The zero-order valence-corrected chi connectivity index (χ0v) is 11.8. The molecule has 1 aromatic heterocycles. The van der Waals surface area contributed by atoms with Crippen molar-refractivity contribution < 1.29 is 14.5 Å². The summed E-state index contributed by atoms with van der Waals surface area (Å²) in [6, 6.07) is 1.34. The van der Waals surface area contributed by atoms with Gasteiger partial charge in [0.1, 0.15) is 6.04 Å². The van der Waals surface area contributed by atoms with Gasteiger partial charge < -0.3 is 4.74 Å². The van der Waals surface area contributed by atoms with Crippen LogP contribution in [0.25, 0.3) is 0 Å². The molecule has 1 atom stereocenters. The topological polar surface area (TPSA) is 91.4 Å². The molecule has 0 saturated carbocycles. The predicted molar refractivity (Wildman–Crippen MR) is 72.7 cm³/mol. The Morgan fingerprint density at radius 1 is 1.50 bits per heavy atom. The highest BCUT2D eigenvalue weighted by Gasteiger charge is 2.23. The van der Waals surface area contributed by atoms with Crippen molar-refractivity contribution in [3.05, 3.63) is 38.3 Å². The van der Waals surface area contributed by atoms with Crippen molar-refractivity contribution in [3.63, 3.8) is 0 Å². The van der Waals surface area contributed by atoms with Crippen molar-refractivity contribution in [3.8, 4) is 0 Å². The summed E-state index contributed by atoms with van der Waals surface area (Å²) in [7, 11) is 0. The molecule has 1 rings (SSSR count). The van der Waals surface area contributed by atoms with E-state index in [4.69, 9.17) is 4.74 Å². The highest BCUT2D eigenvalue weighted by molar-refractivity contribution is 5.74. The Bertz CT molecular complexity index is 564. The van der Waals surface area contributed by atoms with Crippen molar-refractivity contribution >= 4 is 11.7 Å². The summed E-state index contributed by atoms with van der Waals surface area (Å²) in [5.74, 6) is -0.566. The number of rotatable bonds is 6. The molecule has 0 radical (unpaired) electrons. The van der Waals surface area contributed by atoms with Crippen LogP contribution in [-0.2, 0) is 9.53 Å². The maximum absolute atomic E-state index is 11.9. The van der Waals surface area contributed by atoms with Crippen LogP contribution < -0.4 is 5.56 Å². The van der Waals surface area contributed by atoms with E-state index in [9.17, 15) is 19.7 Å². The third-order valence-electron chi connectivity index (χ3n) is 3.02. The van der Waals surface area contributed by atoms with Crippen molar-refractivity contribution in [2.75, 3.05) is 6.61 Å². The number of nitro groups is 1. The van der Waals surface area contributed by atoms with Gasteiger partial charge in [0, 0.05) is 12.1 Å². The Balaban J connectivity index is 3.06. The molecule has 7 heteroatoms. The quantitative estimate of drug-likeness (QED) is 0.344. The number of carbonyl (C=O) groups is 1. The largest absolute Gasteiger partial charge is 0.464 e. The zero-order valence-electron chi connectivity index (χ0n) is 11.8. The number of aromatic nitrogens is 1. The second-order valence-electron chi connectivity index (χ2n) is 4.47. The van der Waals surface area contributed by atoms with Crippen molar-refractivity contribution in [2.24, 2.45) is 0 Å². The summed E-state index contributed by atoms with van der Waals surface area (Å²) in [6.07, 6.45) is 1.62. The number of nitrogens with zero attached hydrogens (tertiary/aromatic N) is 2. The molecular formula is C13H18N2O5. The summed E-state index contributed by atoms with van der Waals surface area (Å²) in [6.45, 7) is 5.18. The second-order valence-corrected chi connectivity index (χ2v) is 4.47. The van der Waals surface area contributed by atoms with Gasteiger partial charge in [-0.05, 0) is 20.3 Å². The number of unbranched alkanes of at least 4 members (excludes halogenated alkanes) is 1. The molecule has 1 heterocycles. The fourth-order valence-electron chi connectivity index (χ4n) is 1.86. The molecule has 0 aliphatic carbocycles. The molecular weight excluding hydrogens is 264 g/mol. The van der Waals surface area contributed by atoms with Crippen LogP contribution in [-0.4, -0.2) is 22.1 Å². The van der Waals surface area contributed by atoms with Gasteiger partial charge >= 0.3 is 5.97 Å². The molecule has 0 fully saturated rings. The first kappa shape index (κ1) is 15.9. The summed E-state index contributed by atoms with van der Waals surface area (Å²) in [5.41, 5.74) is -0.520. The molecule has 0 aromatic carbocycles. The van der Waals surface area contributed by atoms with Crippen LogP contribution in [0.2, 0.25) is 0 Å². The van der Waals surface area contributed by atoms with E-state index >= 15 is 0 Å². The molecule has 0 spiro atoms. The molecule has 0 amide bonds. The molecule has 20 heavy (non-hydrogen) atoms. The van der Waals surface area contributed by atoms with E-state index in [2.05, 4.69) is 0 Å². The van der Waals surface area contributed by atoms with Gasteiger partial charge in [0.25, 0.3) is 11.2 Å². The molecule has 0 saturated heterocycles. The number of pyridine rings is 1. The lowest BCUT2D eigenvalue weighted by atomic mass is 10.2. The number of hydrogen-bond donors (Lipinski definition) is 0. The van der Waals surface area contributed by atoms with Crippen molar-refractivity contribution in [1.29, 1.82) is 0 Å². The first-order chi connectivity index (χ1) is 9.40. The summed E-state index contributed by atoms with van der Waals surface area (Å²) >= 11 is 0. The molecule has 0 N–H and O–H groups in total. The van der Waals surface area contributed by atoms with Gasteiger partial charge in [-0.2, -0.15) is 0 Å². The van der Waals surface area contributed by atoms with E-state index in [1.807, 2.05) is 6.92 Å². The smallest absolute Gasteiger partial charge is 0.328 e. The minimum Gasteiger partial charge on any atom is -0.464 e. The lowest BCUT2D eigenvalue weighted by Gasteiger charge is -2.16. The van der Waals surface area contributed by atoms with E-state index in [0.29, 0.717) is 0 Å². The maximum Gasteiger partial charge on any atom is 0.328 e. The average Bonchev–Trinajstić information content (AvgIpc) is 2.38. The molecule has 0 aliphatic heterocycles. The summed E-state index contributed by atoms with van der Waals surface area (Å²) in [4.78, 5) is 34.0. The Hall–Kier alpha value is -2.18. The van der Waals surface area contributed by atoms with Gasteiger partial charge in [-0.1, -0.05) is 13.3 Å². The first-order valence-electron chi connectivity index (χ1n) is 6.43. The Morgan fingerprint density at radius 2 is 2.15 bits per heavy atom. The number of ether oxygens (including phenoxy) is 1. The first-order valence-corrected chi connectivity index (χ1v) is 6.43. The Morgan fingerprint density at radius 3 is 2.70 bits per heavy atom. The van der Waals surface area contributed by atoms with E-state index in [-0.39, 0.29) is 18.0 Å². The van der Waals surface area contributed by atoms with Crippen LogP contribution in [0.3, 0.4) is 0 Å². The Labute approximate surface area is 116 Å². The van der Waals surface area contributed by atoms with E-state index in [1.165, 1.54) is 13.8 Å². The van der Waals surface area contributed by atoms with Crippen LogP contribution >= 0.6 is 0 Å². The van der Waals surface area contributed by atoms with E-state index < -0.39 is 22.5 Å². The van der Waals surface area contributed by atoms with Gasteiger partial charge in [0.05, 0.1) is 17.2 Å². The van der Waals surface area contributed by atoms with Gasteiger partial charge in [-0.15, -0.1) is 0 Å². The predicted octanol–water partition coefficient (Wildman–Crippen LogP) is 1.97. The highest BCUT2D eigenvalue weighted by atomic mass is 16.6. The van der Waals surface area contributed by atoms with Crippen LogP contribution in [0.15, 0.2) is 16.9 Å². The summed E-state index contributed by atoms with van der Waals surface area (Å²) < 4.78 is 6.13. The monoisotopic (exact) mass is 282 g/mol. The maximum atomic E-state index is 11.9. The van der Waals surface area contributed by atoms with E-state index in [1.54, 1.807) is 0 Å². The lowest BCUT2D eigenvalue weighted by molar-refractivity contribution is -0.386. The van der Waals surface area contributed by atoms with Gasteiger partial charge in [0.2, 0.25) is 0 Å². The zero-order chi connectivity index (χ0) is 15.3. The number of hydrogen-bond acceptors (Lipinski definition) is 5. The number of esters is 1.